The molecule has 0 bridgehead atoms. The number of methoxy groups -OCH3 is 1. The Labute approximate surface area is 191 Å². The van der Waals surface area contributed by atoms with E-state index >= 15 is 0 Å². The lowest BCUT2D eigenvalue weighted by molar-refractivity contribution is -0.118. The van der Waals surface area contributed by atoms with Gasteiger partial charge in [-0.1, -0.05) is 30.3 Å². The molecule has 4 rings (SSSR count). The molecule has 0 saturated carbocycles. The summed E-state index contributed by atoms with van der Waals surface area (Å²) in [7, 11) is 1.50. The van der Waals surface area contributed by atoms with Crippen molar-refractivity contribution in [2.75, 3.05) is 7.11 Å². The third-order valence-corrected chi connectivity index (χ3v) is 5.31. The molecule has 168 valence electrons. The second-order valence-corrected chi connectivity index (χ2v) is 7.36. The van der Waals surface area contributed by atoms with Crippen LogP contribution in [0.5, 0.6) is 5.75 Å². The Balaban J connectivity index is 1.69. The zero-order valence-corrected chi connectivity index (χ0v) is 18.5. The van der Waals surface area contributed by atoms with Gasteiger partial charge in [0.25, 0.3) is 11.8 Å². The molecule has 0 aliphatic heterocycles. The number of carbonyl (C=O) groups excluding carboxylic acids is 2. The number of carbonyl (C=O) groups is 2. The van der Waals surface area contributed by atoms with Crippen molar-refractivity contribution < 1.29 is 18.7 Å². The fourth-order valence-electron chi connectivity index (χ4n) is 3.66. The summed E-state index contributed by atoms with van der Waals surface area (Å²) in [5, 5.41) is 6.56. The van der Waals surface area contributed by atoms with Crippen LogP contribution in [0.3, 0.4) is 0 Å². The molecule has 2 N–H and O–H groups in total. The molecule has 7 heteroatoms. The Morgan fingerprint density at radius 2 is 1.85 bits per heavy atom. The van der Waals surface area contributed by atoms with E-state index in [2.05, 4.69) is 22.1 Å². The quantitative estimate of drug-likeness (QED) is 0.397. The van der Waals surface area contributed by atoms with Gasteiger partial charge >= 0.3 is 0 Å². The Morgan fingerprint density at radius 1 is 1.06 bits per heavy atom. The molecular weight excluding hydrogens is 418 g/mol. The highest BCUT2D eigenvalue weighted by Gasteiger charge is 2.18. The van der Waals surface area contributed by atoms with E-state index in [1.54, 1.807) is 48.7 Å². The summed E-state index contributed by atoms with van der Waals surface area (Å²) in [4.78, 5) is 26.2. The van der Waals surface area contributed by atoms with Crippen LogP contribution >= 0.6 is 0 Å². The van der Waals surface area contributed by atoms with Crippen LogP contribution in [0.25, 0.3) is 17.0 Å². The average Bonchev–Trinajstić information content (AvgIpc) is 3.50. The number of hydrogen-bond acceptors (Lipinski definition) is 4. The molecule has 0 saturated heterocycles. The molecule has 0 unspecified atom stereocenters. The third kappa shape index (κ3) is 4.82. The van der Waals surface area contributed by atoms with Crippen LogP contribution in [-0.2, 0) is 17.9 Å². The number of aryl methyl sites for hydroxylation is 1. The van der Waals surface area contributed by atoms with Gasteiger partial charge in [0, 0.05) is 29.2 Å². The maximum atomic E-state index is 13.1. The van der Waals surface area contributed by atoms with Gasteiger partial charge in [0.2, 0.25) is 0 Å². The first kappa shape index (κ1) is 22.0. The van der Waals surface area contributed by atoms with Crippen molar-refractivity contribution in [3.63, 3.8) is 0 Å². The minimum atomic E-state index is -0.439. The van der Waals surface area contributed by atoms with Gasteiger partial charge in [-0.3, -0.25) is 9.59 Å². The summed E-state index contributed by atoms with van der Waals surface area (Å²) in [5.41, 5.74) is 2.34. The zero-order chi connectivity index (χ0) is 23.2. The van der Waals surface area contributed by atoms with Gasteiger partial charge in [0.05, 0.1) is 25.5 Å². The number of furan rings is 1. The van der Waals surface area contributed by atoms with Gasteiger partial charge in [-0.05, 0) is 43.3 Å². The van der Waals surface area contributed by atoms with Crippen LogP contribution in [0.1, 0.15) is 28.6 Å². The second-order valence-electron chi connectivity index (χ2n) is 7.36. The van der Waals surface area contributed by atoms with Crippen LogP contribution in [-0.4, -0.2) is 23.5 Å². The van der Waals surface area contributed by atoms with Gasteiger partial charge in [-0.25, -0.2) is 0 Å². The minimum absolute atomic E-state index is 0.122. The van der Waals surface area contributed by atoms with Gasteiger partial charge in [-0.15, -0.1) is 0 Å². The molecule has 2 heterocycles. The van der Waals surface area contributed by atoms with Gasteiger partial charge in [0.15, 0.2) is 0 Å². The number of aromatic nitrogens is 1. The number of amides is 2. The molecule has 0 fully saturated rings. The predicted molar refractivity (Wildman–Crippen MR) is 127 cm³/mol. The number of benzene rings is 2. The maximum Gasteiger partial charge on any atom is 0.268 e. The smallest absolute Gasteiger partial charge is 0.268 e. The van der Waals surface area contributed by atoms with E-state index in [9.17, 15) is 9.59 Å². The number of hydrogen-bond donors (Lipinski definition) is 2. The average molecular weight is 444 g/mol. The summed E-state index contributed by atoms with van der Waals surface area (Å²) in [5.74, 6) is 0.170. The Bertz CT molecular complexity index is 1300. The van der Waals surface area contributed by atoms with Crippen molar-refractivity contribution in [2.24, 2.45) is 0 Å². The van der Waals surface area contributed by atoms with E-state index in [4.69, 9.17) is 9.15 Å². The van der Waals surface area contributed by atoms with E-state index in [0.717, 1.165) is 23.0 Å². The van der Waals surface area contributed by atoms with E-state index in [-0.39, 0.29) is 12.2 Å². The number of rotatable bonds is 8. The Morgan fingerprint density at radius 3 is 2.61 bits per heavy atom. The van der Waals surface area contributed by atoms with Crippen molar-refractivity contribution in [1.82, 2.24) is 15.2 Å². The molecule has 2 aromatic carbocycles. The second kappa shape index (κ2) is 9.91. The molecule has 0 atom stereocenters. The SMILES string of the molecule is CCn1cc(/C=C(\NC(=O)c2ccccc2OC)C(=O)NCc2ccco2)c2ccccc21. The lowest BCUT2D eigenvalue weighted by Gasteiger charge is -2.12. The first-order valence-corrected chi connectivity index (χ1v) is 10.6. The molecule has 2 aromatic heterocycles. The van der Waals surface area contributed by atoms with Gasteiger partial charge in [0.1, 0.15) is 17.2 Å². The van der Waals surface area contributed by atoms with Gasteiger partial charge < -0.3 is 24.4 Å². The molecule has 0 aliphatic rings. The molecule has 0 spiro atoms. The summed E-state index contributed by atoms with van der Waals surface area (Å²) >= 11 is 0. The summed E-state index contributed by atoms with van der Waals surface area (Å²) in [6, 6.07) is 18.3. The van der Waals surface area contributed by atoms with Crippen molar-refractivity contribution >= 4 is 28.8 Å². The Kier molecular flexibility index (Phi) is 6.59. The van der Waals surface area contributed by atoms with Crippen LogP contribution in [0.4, 0.5) is 0 Å². The fraction of sp³-hybridized carbons (Fsp3) is 0.154. The highest BCUT2D eigenvalue weighted by molar-refractivity contribution is 6.07. The van der Waals surface area contributed by atoms with E-state index in [1.165, 1.54) is 7.11 Å². The standard InChI is InChI=1S/C26H25N3O4/c1-3-29-17-18(20-10-4-6-12-23(20)29)15-22(26(31)27-16-19-9-8-14-33-19)28-25(30)21-11-5-7-13-24(21)32-2/h4-15,17H,3,16H2,1-2H3,(H,27,31)(H,28,30)/b22-15-. The topological polar surface area (TPSA) is 85.5 Å². The van der Waals surface area contributed by atoms with Crippen LogP contribution < -0.4 is 15.4 Å². The van der Waals surface area contributed by atoms with Crippen LogP contribution in [0.2, 0.25) is 0 Å². The van der Waals surface area contributed by atoms with E-state index in [1.807, 2.05) is 30.5 Å². The first-order valence-electron chi connectivity index (χ1n) is 10.6. The third-order valence-electron chi connectivity index (χ3n) is 5.31. The van der Waals surface area contributed by atoms with Crippen LogP contribution in [0, 0.1) is 0 Å². The molecule has 33 heavy (non-hydrogen) atoms. The molecule has 7 nitrogen and oxygen atoms in total. The van der Waals surface area contributed by atoms with Crippen molar-refractivity contribution in [3.8, 4) is 5.75 Å². The largest absolute Gasteiger partial charge is 0.496 e. The fourth-order valence-corrected chi connectivity index (χ4v) is 3.66. The number of para-hydroxylation sites is 2. The zero-order valence-electron chi connectivity index (χ0n) is 18.5. The highest BCUT2D eigenvalue weighted by Crippen LogP contribution is 2.24. The summed E-state index contributed by atoms with van der Waals surface area (Å²) in [6.07, 6.45) is 5.21. The number of ether oxygens (including phenoxy) is 1. The monoisotopic (exact) mass is 443 g/mol. The van der Waals surface area contributed by atoms with E-state index in [0.29, 0.717) is 17.1 Å². The highest BCUT2D eigenvalue weighted by atomic mass is 16.5. The normalized spacial score (nSPS) is 11.4. The van der Waals surface area contributed by atoms with Crippen molar-refractivity contribution in [3.05, 3.63) is 95.7 Å². The molecular formula is C26H25N3O4. The molecule has 4 aromatic rings. The number of nitrogens with one attached hydrogen (secondary N) is 2. The van der Waals surface area contributed by atoms with Gasteiger partial charge in [-0.2, -0.15) is 0 Å². The molecule has 0 aliphatic carbocycles. The van der Waals surface area contributed by atoms with Crippen molar-refractivity contribution in [1.29, 1.82) is 0 Å². The van der Waals surface area contributed by atoms with E-state index < -0.39 is 11.8 Å². The predicted octanol–water partition coefficient (Wildman–Crippen LogP) is 4.35. The first-order chi connectivity index (χ1) is 16.1. The lowest BCUT2D eigenvalue weighted by Crippen LogP contribution is -2.34. The van der Waals surface area contributed by atoms with Crippen molar-refractivity contribution in [2.45, 2.75) is 20.0 Å². The number of nitrogens with zero attached hydrogens (tertiary/aromatic N) is 1. The molecule has 2 amide bonds. The Hall–Kier alpha value is -4.26. The lowest BCUT2D eigenvalue weighted by atomic mass is 10.1. The maximum absolute atomic E-state index is 13.1. The minimum Gasteiger partial charge on any atom is -0.496 e. The summed E-state index contributed by atoms with van der Waals surface area (Å²) in [6.45, 7) is 3.03. The van der Waals surface area contributed by atoms with Crippen LogP contribution in [0.15, 0.2) is 83.2 Å². The molecule has 0 radical (unpaired) electrons. The number of fused-ring (bicyclic) bond motifs is 1. The summed E-state index contributed by atoms with van der Waals surface area (Å²) < 4.78 is 12.7.